The fourth-order valence-electron chi connectivity index (χ4n) is 2.80. The van der Waals surface area contributed by atoms with Gasteiger partial charge in [-0.1, -0.05) is 5.92 Å². The first kappa shape index (κ1) is 19.0. The Hall–Kier alpha value is -3.73. The molecule has 28 heavy (non-hydrogen) atoms. The molecular formula is C20H16F2N4O2. The number of nitrogens with zero attached hydrogens (tertiary/aromatic N) is 2. The Morgan fingerprint density at radius 2 is 2.18 bits per heavy atom. The smallest absolute Gasteiger partial charge is 0.288 e. The number of aliphatic imine (C=N–C) groups is 1. The molecule has 1 aliphatic rings. The maximum Gasteiger partial charge on any atom is 0.288 e. The van der Waals surface area contributed by atoms with E-state index in [-0.39, 0.29) is 28.7 Å². The van der Waals surface area contributed by atoms with Crippen LogP contribution in [0.1, 0.15) is 28.5 Å². The average Bonchev–Trinajstić information content (AvgIpc) is 2.68. The van der Waals surface area contributed by atoms with Gasteiger partial charge in [-0.05, 0) is 43.3 Å². The zero-order chi connectivity index (χ0) is 20.3. The zero-order valence-corrected chi connectivity index (χ0v) is 14.9. The van der Waals surface area contributed by atoms with E-state index in [0.717, 1.165) is 6.07 Å². The summed E-state index contributed by atoms with van der Waals surface area (Å²) >= 11 is 0. The summed E-state index contributed by atoms with van der Waals surface area (Å²) in [6.45, 7) is 0.513. The molecule has 1 aromatic heterocycles. The first-order valence-corrected chi connectivity index (χ1v) is 8.19. The molecule has 1 atom stereocenters. The Bertz CT molecular complexity index is 1010. The van der Waals surface area contributed by atoms with Crippen LogP contribution in [0.25, 0.3) is 0 Å². The van der Waals surface area contributed by atoms with Gasteiger partial charge in [0.25, 0.3) is 11.9 Å². The number of carbonyl (C=O) groups excluding carboxylic acids is 1. The largest absolute Gasteiger partial charge is 0.431 e. The highest BCUT2D eigenvalue weighted by molar-refractivity contribution is 6.02. The van der Waals surface area contributed by atoms with Gasteiger partial charge in [-0.25, -0.2) is 18.8 Å². The van der Waals surface area contributed by atoms with Crippen LogP contribution in [0, 0.1) is 18.2 Å². The number of amides is 1. The summed E-state index contributed by atoms with van der Waals surface area (Å²) in [6, 6.07) is 6.53. The lowest BCUT2D eigenvalue weighted by Crippen LogP contribution is -2.34. The van der Waals surface area contributed by atoms with Crippen LogP contribution in [-0.2, 0) is 10.3 Å². The number of aromatic nitrogens is 1. The molecule has 0 saturated heterocycles. The minimum absolute atomic E-state index is 0.0889. The summed E-state index contributed by atoms with van der Waals surface area (Å²) < 4.78 is 33.5. The van der Waals surface area contributed by atoms with Gasteiger partial charge < -0.3 is 15.8 Å². The molecule has 0 spiro atoms. The number of anilines is 1. The third kappa shape index (κ3) is 3.69. The molecule has 2 heterocycles. The maximum absolute atomic E-state index is 14.5. The molecule has 2 aromatic rings. The minimum atomic E-state index is -1.68. The second-order valence-electron chi connectivity index (χ2n) is 6.09. The number of hydrogen-bond donors (Lipinski definition) is 2. The van der Waals surface area contributed by atoms with E-state index >= 15 is 0 Å². The van der Waals surface area contributed by atoms with Crippen LogP contribution < -0.4 is 11.1 Å². The number of alkyl halides is 1. The quantitative estimate of drug-likeness (QED) is 0.796. The van der Waals surface area contributed by atoms with Crippen molar-refractivity contribution in [2.75, 3.05) is 12.0 Å². The number of halogens is 2. The topological polar surface area (TPSA) is 89.6 Å². The molecule has 0 bridgehead atoms. The van der Waals surface area contributed by atoms with Crippen molar-refractivity contribution in [3.8, 4) is 12.3 Å². The highest BCUT2D eigenvalue weighted by atomic mass is 19.1. The Labute approximate surface area is 160 Å². The molecule has 0 aliphatic carbocycles. The lowest BCUT2D eigenvalue weighted by molar-refractivity contribution is 0.102. The highest BCUT2D eigenvalue weighted by Crippen LogP contribution is 2.35. The summed E-state index contributed by atoms with van der Waals surface area (Å²) in [7, 11) is 0. The van der Waals surface area contributed by atoms with E-state index in [2.05, 4.69) is 21.2 Å². The molecule has 0 saturated carbocycles. The summed E-state index contributed by atoms with van der Waals surface area (Å²) in [6.07, 6.45) is 7.98. The number of amidine groups is 1. The van der Waals surface area contributed by atoms with Gasteiger partial charge in [-0.15, -0.1) is 6.42 Å². The van der Waals surface area contributed by atoms with E-state index in [1.165, 1.54) is 30.5 Å². The van der Waals surface area contributed by atoms with E-state index in [1.54, 1.807) is 13.0 Å². The van der Waals surface area contributed by atoms with Gasteiger partial charge in [0.15, 0.2) is 0 Å². The van der Waals surface area contributed by atoms with Gasteiger partial charge in [0.2, 0.25) is 0 Å². The number of terminal acetylenes is 1. The standard InChI is InChI=1S/C20H16F2N4O2/c1-3-13-4-7-17(24-10-13)18(27)25-14-5-6-16(22)15(8-14)20(11-21)9-12(2)28-19(23)26-20/h1,4-10H,11H2,2H3,(H2,23,26)(H,25,27)/t20-/m1/s1. The molecule has 8 heteroatoms. The number of nitrogens with one attached hydrogen (secondary N) is 1. The van der Waals surface area contributed by atoms with Crippen molar-refractivity contribution in [3.05, 3.63) is 71.0 Å². The maximum atomic E-state index is 14.5. The third-order valence-corrected chi connectivity index (χ3v) is 4.07. The van der Waals surface area contributed by atoms with Crippen LogP contribution in [0.15, 0.2) is 53.4 Å². The molecule has 0 fully saturated rings. The van der Waals surface area contributed by atoms with Gasteiger partial charge in [-0.3, -0.25) is 4.79 Å². The van der Waals surface area contributed by atoms with Crippen molar-refractivity contribution in [1.29, 1.82) is 0 Å². The number of benzene rings is 1. The summed E-state index contributed by atoms with van der Waals surface area (Å²) in [5.41, 5.74) is 4.71. The fraction of sp³-hybridized carbons (Fsp3) is 0.150. The number of carbonyl (C=O) groups is 1. The lowest BCUT2D eigenvalue weighted by atomic mass is 9.89. The highest BCUT2D eigenvalue weighted by Gasteiger charge is 2.36. The fourth-order valence-corrected chi connectivity index (χ4v) is 2.80. The van der Waals surface area contributed by atoms with Crippen LogP contribution in [0.5, 0.6) is 0 Å². The monoisotopic (exact) mass is 382 g/mol. The normalized spacial score (nSPS) is 18.4. The first-order chi connectivity index (χ1) is 13.4. The Morgan fingerprint density at radius 1 is 1.39 bits per heavy atom. The Balaban J connectivity index is 1.94. The molecule has 142 valence electrons. The van der Waals surface area contributed by atoms with E-state index < -0.39 is 23.9 Å². The molecule has 3 N–H and O–H groups in total. The number of nitrogens with two attached hydrogens (primary N) is 1. The van der Waals surface area contributed by atoms with Crippen molar-refractivity contribution >= 4 is 17.6 Å². The number of rotatable bonds is 4. The summed E-state index contributed by atoms with van der Waals surface area (Å²) in [4.78, 5) is 20.3. The van der Waals surface area contributed by atoms with Gasteiger partial charge >= 0.3 is 0 Å². The second-order valence-corrected chi connectivity index (χ2v) is 6.09. The number of hydrogen-bond acceptors (Lipinski definition) is 5. The number of allylic oxidation sites excluding steroid dienone is 1. The first-order valence-electron chi connectivity index (χ1n) is 8.19. The van der Waals surface area contributed by atoms with E-state index in [0.29, 0.717) is 5.56 Å². The van der Waals surface area contributed by atoms with E-state index in [9.17, 15) is 13.6 Å². The van der Waals surface area contributed by atoms with Crippen molar-refractivity contribution in [1.82, 2.24) is 4.98 Å². The zero-order valence-electron chi connectivity index (χ0n) is 14.9. The van der Waals surface area contributed by atoms with Crippen molar-refractivity contribution in [3.63, 3.8) is 0 Å². The second kappa shape index (κ2) is 7.48. The molecule has 0 unspecified atom stereocenters. The van der Waals surface area contributed by atoms with Crippen LogP contribution in [0.2, 0.25) is 0 Å². The average molecular weight is 382 g/mol. The predicted molar refractivity (Wildman–Crippen MR) is 101 cm³/mol. The molecule has 1 amide bonds. The summed E-state index contributed by atoms with van der Waals surface area (Å²) in [5, 5.41) is 2.59. The molecule has 0 radical (unpaired) electrons. The predicted octanol–water partition coefficient (Wildman–Crippen LogP) is 2.87. The van der Waals surface area contributed by atoms with Crippen molar-refractivity contribution in [2.45, 2.75) is 12.5 Å². The number of ether oxygens (including phenoxy) is 1. The molecular weight excluding hydrogens is 366 g/mol. The lowest BCUT2D eigenvalue weighted by Gasteiger charge is -2.29. The molecule has 1 aromatic carbocycles. The van der Waals surface area contributed by atoms with Crippen molar-refractivity contribution < 1.29 is 18.3 Å². The molecule has 3 rings (SSSR count). The van der Waals surface area contributed by atoms with Crippen LogP contribution >= 0.6 is 0 Å². The molecule has 1 aliphatic heterocycles. The Kier molecular flexibility index (Phi) is 5.09. The van der Waals surface area contributed by atoms with Crippen LogP contribution in [0.3, 0.4) is 0 Å². The van der Waals surface area contributed by atoms with Crippen LogP contribution in [-0.4, -0.2) is 23.6 Å². The van der Waals surface area contributed by atoms with Crippen molar-refractivity contribution in [2.24, 2.45) is 10.7 Å². The Morgan fingerprint density at radius 3 is 2.79 bits per heavy atom. The summed E-state index contributed by atoms with van der Waals surface area (Å²) in [5.74, 6) is 1.46. The van der Waals surface area contributed by atoms with Gasteiger partial charge in [0, 0.05) is 23.0 Å². The number of pyridine rings is 1. The minimum Gasteiger partial charge on any atom is -0.431 e. The molecule has 6 nitrogen and oxygen atoms in total. The van der Waals surface area contributed by atoms with Gasteiger partial charge in [0.05, 0.1) is 0 Å². The van der Waals surface area contributed by atoms with E-state index in [1.807, 2.05) is 0 Å². The van der Waals surface area contributed by atoms with Gasteiger partial charge in [-0.2, -0.15) is 0 Å². The van der Waals surface area contributed by atoms with Crippen LogP contribution in [0.4, 0.5) is 14.5 Å². The SMILES string of the molecule is C#Cc1ccc(C(=O)Nc2ccc(F)c([C@]3(CF)C=C(C)OC(N)=N3)c2)nc1. The van der Waals surface area contributed by atoms with Gasteiger partial charge in [0.1, 0.15) is 29.5 Å². The van der Waals surface area contributed by atoms with E-state index in [4.69, 9.17) is 16.9 Å². The third-order valence-electron chi connectivity index (χ3n) is 4.07.